The zero-order valence-corrected chi connectivity index (χ0v) is 19.5. The van der Waals surface area contributed by atoms with Gasteiger partial charge in [-0.05, 0) is 6.42 Å². The van der Waals surface area contributed by atoms with Crippen LogP contribution >= 0.6 is 35.3 Å². The third-order valence-corrected chi connectivity index (χ3v) is 5.25. The third kappa shape index (κ3) is 8.28. The Morgan fingerprint density at radius 3 is 2.67 bits per heavy atom. The number of aliphatic imine (C=N–C) groups is 1. The van der Waals surface area contributed by atoms with Gasteiger partial charge in [0.05, 0.1) is 30.4 Å². The summed E-state index contributed by atoms with van der Waals surface area (Å²) in [4.78, 5) is 25.2. The number of rotatable bonds is 8. The van der Waals surface area contributed by atoms with Gasteiger partial charge in [-0.2, -0.15) is 0 Å². The molecule has 8 nitrogen and oxygen atoms in total. The lowest BCUT2D eigenvalue weighted by atomic mass is 10.3. The summed E-state index contributed by atoms with van der Waals surface area (Å²) >= 11 is 1.70. The summed E-state index contributed by atoms with van der Waals surface area (Å²) in [6, 6.07) is 0. The van der Waals surface area contributed by atoms with Crippen molar-refractivity contribution >= 4 is 47.2 Å². The van der Waals surface area contributed by atoms with Gasteiger partial charge in [-0.25, -0.2) is 4.98 Å². The molecule has 27 heavy (non-hydrogen) atoms. The molecule has 1 amide bonds. The molecule has 2 rings (SSSR count). The Morgan fingerprint density at radius 1 is 1.33 bits per heavy atom. The van der Waals surface area contributed by atoms with Crippen molar-refractivity contribution in [1.82, 2.24) is 25.4 Å². The second-order valence-electron chi connectivity index (χ2n) is 6.09. The van der Waals surface area contributed by atoms with E-state index in [4.69, 9.17) is 4.74 Å². The lowest BCUT2D eigenvalue weighted by molar-refractivity contribution is -0.122. The molecule has 0 aromatic carbocycles. The van der Waals surface area contributed by atoms with Gasteiger partial charge in [0.2, 0.25) is 5.91 Å². The van der Waals surface area contributed by atoms with Gasteiger partial charge in [0.1, 0.15) is 0 Å². The van der Waals surface area contributed by atoms with Crippen LogP contribution in [0.1, 0.15) is 17.6 Å². The number of aryl methyl sites for hydroxylation is 1. The predicted molar refractivity (Wildman–Crippen MR) is 120 cm³/mol. The number of hydrogen-bond donors (Lipinski definition) is 2. The molecule has 0 atom stereocenters. The molecule has 154 valence electrons. The molecule has 0 unspecified atom stereocenters. The average molecular weight is 510 g/mol. The summed E-state index contributed by atoms with van der Waals surface area (Å²) in [6.45, 7) is 7.72. The van der Waals surface area contributed by atoms with Crippen LogP contribution in [0.5, 0.6) is 0 Å². The Morgan fingerprint density at radius 2 is 2.07 bits per heavy atom. The fourth-order valence-electron chi connectivity index (χ4n) is 2.76. The van der Waals surface area contributed by atoms with Gasteiger partial charge in [-0.15, -0.1) is 35.3 Å². The molecule has 0 aliphatic carbocycles. The number of thiazole rings is 1. The molecule has 1 saturated heterocycles. The Kier molecular flexibility index (Phi) is 11.8. The van der Waals surface area contributed by atoms with Gasteiger partial charge in [0, 0.05) is 52.3 Å². The van der Waals surface area contributed by atoms with Gasteiger partial charge >= 0.3 is 0 Å². The number of aromatic nitrogens is 1. The number of amides is 1. The van der Waals surface area contributed by atoms with Crippen molar-refractivity contribution in [2.75, 3.05) is 60.0 Å². The fourth-order valence-corrected chi connectivity index (χ4v) is 3.51. The minimum absolute atomic E-state index is 0. The molecular formula is C17H31IN6O2S. The summed E-state index contributed by atoms with van der Waals surface area (Å²) in [5.74, 6) is 0.938. The van der Waals surface area contributed by atoms with E-state index in [2.05, 4.69) is 42.7 Å². The number of guanidine groups is 1. The summed E-state index contributed by atoms with van der Waals surface area (Å²) in [5, 5.41) is 9.51. The number of methoxy groups -OCH3 is 1. The summed E-state index contributed by atoms with van der Waals surface area (Å²) < 4.78 is 4.94. The minimum atomic E-state index is 0. The molecule has 2 N–H and O–H groups in total. The van der Waals surface area contributed by atoms with Crippen molar-refractivity contribution in [3.8, 4) is 0 Å². The van der Waals surface area contributed by atoms with Crippen LogP contribution < -0.4 is 10.6 Å². The van der Waals surface area contributed by atoms with Crippen LogP contribution in [0.3, 0.4) is 0 Å². The average Bonchev–Trinajstić information content (AvgIpc) is 3.12. The predicted octanol–water partition coefficient (Wildman–Crippen LogP) is 0.779. The maximum atomic E-state index is 11.9. The standard InChI is InChI=1S/C17H30N6O2S.HI/c1-4-16-21-14(13-26-16)11-20-17(18-2)23-8-6-22(7-9-23)12-15(24)19-5-10-25-3;/h13H,4-12H2,1-3H3,(H,18,20)(H,19,24);1H. The van der Waals surface area contributed by atoms with Gasteiger partial charge in [-0.1, -0.05) is 6.92 Å². The van der Waals surface area contributed by atoms with Gasteiger partial charge < -0.3 is 20.3 Å². The first-order chi connectivity index (χ1) is 12.7. The largest absolute Gasteiger partial charge is 0.383 e. The lowest BCUT2D eigenvalue weighted by Crippen LogP contribution is -2.54. The lowest BCUT2D eigenvalue weighted by Gasteiger charge is -2.36. The van der Waals surface area contributed by atoms with Crippen molar-refractivity contribution in [2.24, 2.45) is 4.99 Å². The van der Waals surface area contributed by atoms with E-state index in [9.17, 15) is 4.79 Å². The Bertz CT molecular complexity index is 590. The van der Waals surface area contributed by atoms with Crippen LogP contribution in [0.4, 0.5) is 0 Å². The molecule has 1 aliphatic rings. The van der Waals surface area contributed by atoms with Crippen molar-refractivity contribution < 1.29 is 9.53 Å². The van der Waals surface area contributed by atoms with Crippen molar-refractivity contribution in [1.29, 1.82) is 0 Å². The van der Waals surface area contributed by atoms with Crippen LogP contribution in [0, 0.1) is 0 Å². The van der Waals surface area contributed by atoms with Gasteiger partial charge in [0.25, 0.3) is 0 Å². The monoisotopic (exact) mass is 510 g/mol. The Hall–Kier alpha value is -0.980. The van der Waals surface area contributed by atoms with Crippen LogP contribution in [0.2, 0.25) is 0 Å². The van der Waals surface area contributed by atoms with Crippen LogP contribution in [-0.2, 0) is 22.5 Å². The van der Waals surface area contributed by atoms with E-state index in [0.717, 1.165) is 49.3 Å². The fraction of sp³-hybridized carbons (Fsp3) is 0.706. The topological polar surface area (TPSA) is 82.1 Å². The SMILES string of the molecule is CCc1nc(CNC(=NC)N2CCN(CC(=O)NCCOC)CC2)cs1.I. The van der Waals surface area contributed by atoms with Crippen molar-refractivity contribution in [2.45, 2.75) is 19.9 Å². The normalized spacial score (nSPS) is 15.4. The van der Waals surface area contributed by atoms with Crippen molar-refractivity contribution in [3.05, 3.63) is 16.1 Å². The second kappa shape index (κ2) is 13.2. The Balaban J connectivity index is 0.00000364. The molecule has 1 aromatic rings. The number of carbonyl (C=O) groups excluding carboxylic acids is 1. The zero-order valence-electron chi connectivity index (χ0n) is 16.4. The molecule has 0 radical (unpaired) electrons. The number of carbonyl (C=O) groups is 1. The molecule has 2 heterocycles. The molecule has 10 heteroatoms. The number of halogens is 1. The van der Waals surface area contributed by atoms with Gasteiger partial charge in [0.15, 0.2) is 5.96 Å². The van der Waals surface area contributed by atoms with Gasteiger partial charge in [-0.3, -0.25) is 14.7 Å². The van der Waals surface area contributed by atoms with E-state index in [1.54, 1.807) is 25.5 Å². The molecular weight excluding hydrogens is 479 g/mol. The minimum Gasteiger partial charge on any atom is -0.383 e. The van der Waals surface area contributed by atoms with E-state index in [-0.39, 0.29) is 29.9 Å². The highest BCUT2D eigenvalue weighted by Gasteiger charge is 2.21. The number of piperazine rings is 1. The summed E-state index contributed by atoms with van der Waals surface area (Å²) in [5.41, 5.74) is 1.05. The van der Waals surface area contributed by atoms with E-state index >= 15 is 0 Å². The third-order valence-electron chi connectivity index (χ3n) is 4.21. The van der Waals surface area contributed by atoms with E-state index in [1.165, 1.54) is 0 Å². The first-order valence-electron chi connectivity index (χ1n) is 9.03. The maximum Gasteiger partial charge on any atom is 0.234 e. The van der Waals surface area contributed by atoms with Crippen molar-refractivity contribution in [3.63, 3.8) is 0 Å². The number of hydrogen-bond acceptors (Lipinski definition) is 6. The highest BCUT2D eigenvalue weighted by molar-refractivity contribution is 14.0. The highest BCUT2D eigenvalue weighted by Crippen LogP contribution is 2.10. The van der Waals surface area contributed by atoms with E-state index in [1.807, 2.05) is 0 Å². The summed E-state index contributed by atoms with van der Waals surface area (Å²) in [7, 11) is 3.43. The molecule has 1 aromatic heterocycles. The molecule has 0 spiro atoms. The highest BCUT2D eigenvalue weighted by atomic mass is 127. The van der Waals surface area contributed by atoms with Crippen LogP contribution in [-0.4, -0.2) is 86.7 Å². The number of nitrogens with one attached hydrogen (secondary N) is 2. The van der Waals surface area contributed by atoms with Crippen LogP contribution in [0.25, 0.3) is 0 Å². The van der Waals surface area contributed by atoms with E-state index < -0.39 is 0 Å². The maximum absolute atomic E-state index is 11.9. The first kappa shape index (κ1) is 24.1. The number of ether oxygens (including phenoxy) is 1. The Labute approximate surface area is 182 Å². The smallest absolute Gasteiger partial charge is 0.234 e. The zero-order chi connectivity index (χ0) is 18.8. The summed E-state index contributed by atoms with van der Waals surface area (Å²) in [6.07, 6.45) is 0.973. The quantitative estimate of drug-likeness (QED) is 0.233. The molecule has 1 aliphatic heterocycles. The molecule has 0 saturated carbocycles. The number of nitrogens with zero attached hydrogens (tertiary/aromatic N) is 4. The second-order valence-corrected chi connectivity index (χ2v) is 7.04. The first-order valence-corrected chi connectivity index (χ1v) is 9.91. The molecule has 1 fully saturated rings. The molecule has 0 bridgehead atoms. The van der Waals surface area contributed by atoms with E-state index in [0.29, 0.717) is 26.2 Å². The van der Waals surface area contributed by atoms with Crippen LogP contribution in [0.15, 0.2) is 10.4 Å².